The van der Waals surface area contributed by atoms with Crippen LogP contribution < -0.4 is 0 Å². The fourth-order valence-electron chi connectivity index (χ4n) is 2.44. The van der Waals surface area contributed by atoms with E-state index in [0.717, 1.165) is 30.6 Å². The Bertz CT molecular complexity index is 531. The van der Waals surface area contributed by atoms with Crippen LogP contribution in [0, 0.1) is 5.92 Å². The van der Waals surface area contributed by atoms with Crippen molar-refractivity contribution in [2.24, 2.45) is 5.92 Å². The average molecular weight is 260 g/mol. The number of hydrogen-bond donors (Lipinski definition) is 1. The smallest absolute Gasteiger partial charge is 0.0729 e. The van der Waals surface area contributed by atoms with Gasteiger partial charge in [0.2, 0.25) is 0 Å². The van der Waals surface area contributed by atoms with Crippen molar-refractivity contribution >= 4 is 10.9 Å². The summed E-state index contributed by atoms with van der Waals surface area (Å²) >= 11 is 0. The number of hydrogen-bond acceptors (Lipinski definition) is 2. The molecule has 1 unspecified atom stereocenters. The fraction of sp³-hybridized carbons (Fsp3) is 0.562. The quantitative estimate of drug-likeness (QED) is 0.864. The van der Waals surface area contributed by atoms with Crippen molar-refractivity contribution < 1.29 is 5.11 Å². The van der Waals surface area contributed by atoms with Crippen LogP contribution in [0.4, 0.5) is 0 Å². The van der Waals surface area contributed by atoms with E-state index in [0.29, 0.717) is 12.3 Å². The summed E-state index contributed by atoms with van der Waals surface area (Å²) in [5.41, 5.74) is 2.18. The minimum atomic E-state index is -0.286. The second-order valence-electron chi connectivity index (χ2n) is 5.61. The molecule has 1 aromatic heterocycles. The molecule has 1 heterocycles. The van der Waals surface area contributed by atoms with Gasteiger partial charge in [0, 0.05) is 18.4 Å². The minimum absolute atomic E-state index is 0.286. The highest BCUT2D eigenvalue weighted by atomic mass is 16.3. The molecule has 104 valence electrons. The molecule has 0 aliphatic carbocycles. The highest BCUT2D eigenvalue weighted by Gasteiger charge is 2.13. The zero-order valence-electron chi connectivity index (χ0n) is 12.1. The molecule has 0 radical (unpaired) electrons. The molecule has 0 amide bonds. The summed E-state index contributed by atoms with van der Waals surface area (Å²) in [6, 6.07) is 8.26. The maximum absolute atomic E-state index is 10.1. The van der Waals surface area contributed by atoms with Crippen molar-refractivity contribution in [3.8, 4) is 0 Å². The standard InChI is InChI=1S/C16H24N2O/c1-4-18-16-8-6-5-7-14(16)15(17-18)11-13(19)10-9-12(2)3/h5-8,12-13,19H,4,9-11H2,1-3H3. The Balaban J connectivity index is 2.16. The third-order valence-corrected chi connectivity index (χ3v) is 3.54. The van der Waals surface area contributed by atoms with E-state index in [2.05, 4.69) is 38.0 Å². The second kappa shape index (κ2) is 6.20. The van der Waals surface area contributed by atoms with E-state index in [1.54, 1.807) is 0 Å². The van der Waals surface area contributed by atoms with E-state index >= 15 is 0 Å². The summed E-state index contributed by atoms with van der Waals surface area (Å²) in [7, 11) is 0. The Hall–Kier alpha value is -1.35. The van der Waals surface area contributed by atoms with Crippen LogP contribution in [0.15, 0.2) is 24.3 Å². The van der Waals surface area contributed by atoms with Crippen molar-refractivity contribution in [2.75, 3.05) is 0 Å². The van der Waals surface area contributed by atoms with Gasteiger partial charge in [-0.1, -0.05) is 32.0 Å². The average Bonchev–Trinajstić information content (AvgIpc) is 2.75. The molecule has 2 rings (SSSR count). The lowest BCUT2D eigenvalue weighted by Crippen LogP contribution is -2.12. The van der Waals surface area contributed by atoms with Crippen molar-refractivity contribution in [1.29, 1.82) is 0 Å². The molecule has 19 heavy (non-hydrogen) atoms. The number of rotatable bonds is 6. The molecule has 0 saturated carbocycles. The topological polar surface area (TPSA) is 38.0 Å². The summed E-state index contributed by atoms with van der Waals surface area (Å²) in [5, 5.41) is 15.9. The zero-order chi connectivity index (χ0) is 13.8. The van der Waals surface area contributed by atoms with Gasteiger partial charge in [-0.2, -0.15) is 5.10 Å². The second-order valence-corrected chi connectivity index (χ2v) is 5.61. The fourth-order valence-corrected chi connectivity index (χ4v) is 2.44. The minimum Gasteiger partial charge on any atom is -0.393 e. The molecule has 0 fully saturated rings. The molecule has 0 spiro atoms. The highest BCUT2D eigenvalue weighted by molar-refractivity contribution is 5.81. The molecule has 2 aromatic rings. The van der Waals surface area contributed by atoms with Gasteiger partial charge in [-0.3, -0.25) is 4.68 Å². The Morgan fingerprint density at radius 3 is 2.63 bits per heavy atom. The summed E-state index contributed by atoms with van der Waals surface area (Å²) in [6.45, 7) is 7.34. The molecule has 0 saturated heterocycles. The van der Waals surface area contributed by atoms with Crippen LogP contribution in [-0.4, -0.2) is 21.0 Å². The number of para-hydroxylation sites is 1. The lowest BCUT2D eigenvalue weighted by Gasteiger charge is -2.10. The van der Waals surface area contributed by atoms with E-state index in [4.69, 9.17) is 0 Å². The Morgan fingerprint density at radius 1 is 1.21 bits per heavy atom. The Morgan fingerprint density at radius 2 is 1.95 bits per heavy atom. The van der Waals surface area contributed by atoms with Crippen LogP contribution in [0.25, 0.3) is 10.9 Å². The van der Waals surface area contributed by atoms with Crippen LogP contribution in [0.5, 0.6) is 0 Å². The predicted molar refractivity (Wildman–Crippen MR) is 79.2 cm³/mol. The third-order valence-electron chi connectivity index (χ3n) is 3.54. The predicted octanol–water partition coefficient (Wildman–Crippen LogP) is 3.40. The number of fused-ring (bicyclic) bond motifs is 1. The number of aliphatic hydroxyl groups excluding tert-OH is 1. The normalized spacial score (nSPS) is 13.3. The van der Waals surface area contributed by atoms with Gasteiger partial charge in [-0.25, -0.2) is 0 Å². The first-order valence-electron chi connectivity index (χ1n) is 7.24. The largest absolute Gasteiger partial charge is 0.393 e. The molecule has 0 aliphatic rings. The van der Waals surface area contributed by atoms with Gasteiger partial charge < -0.3 is 5.11 Å². The molecule has 1 N–H and O–H groups in total. The van der Waals surface area contributed by atoms with E-state index in [9.17, 15) is 5.11 Å². The monoisotopic (exact) mass is 260 g/mol. The molecule has 0 aliphatic heterocycles. The van der Waals surface area contributed by atoms with Crippen LogP contribution >= 0.6 is 0 Å². The number of nitrogens with zero attached hydrogens (tertiary/aromatic N) is 2. The number of aryl methyl sites for hydroxylation is 1. The first-order chi connectivity index (χ1) is 9.11. The van der Waals surface area contributed by atoms with Gasteiger partial charge in [-0.15, -0.1) is 0 Å². The van der Waals surface area contributed by atoms with E-state index in [-0.39, 0.29) is 6.10 Å². The van der Waals surface area contributed by atoms with E-state index in [1.807, 2.05) is 16.8 Å². The van der Waals surface area contributed by atoms with Crippen molar-refractivity contribution in [2.45, 2.75) is 52.7 Å². The summed E-state index contributed by atoms with van der Waals surface area (Å²) in [4.78, 5) is 0. The van der Waals surface area contributed by atoms with Gasteiger partial charge >= 0.3 is 0 Å². The molecule has 3 nitrogen and oxygen atoms in total. The van der Waals surface area contributed by atoms with Gasteiger partial charge in [0.15, 0.2) is 0 Å². The summed E-state index contributed by atoms with van der Waals surface area (Å²) in [6.07, 6.45) is 2.28. The summed E-state index contributed by atoms with van der Waals surface area (Å²) in [5.74, 6) is 0.639. The van der Waals surface area contributed by atoms with E-state index < -0.39 is 0 Å². The SMILES string of the molecule is CCn1nc(CC(O)CCC(C)C)c2ccccc21. The number of benzene rings is 1. The van der Waals surface area contributed by atoms with Crippen molar-refractivity contribution in [3.05, 3.63) is 30.0 Å². The molecular weight excluding hydrogens is 236 g/mol. The molecule has 3 heteroatoms. The van der Waals surface area contributed by atoms with Crippen LogP contribution in [0.3, 0.4) is 0 Å². The van der Waals surface area contributed by atoms with E-state index in [1.165, 1.54) is 5.39 Å². The van der Waals surface area contributed by atoms with Crippen molar-refractivity contribution in [3.63, 3.8) is 0 Å². The van der Waals surface area contributed by atoms with Crippen molar-refractivity contribution in [1.82, 2.24) is 9.78 Å². The van der Waals surface area contributed by atoms with Gasteiger partial charge in [-0.05, 0) is 31.7 Å². The number of aliphatic hydroxyl groups is 1. The van der Waals surface area contributed by atoms with Crippen LogP contribution in [-0.2, 0) is 13.0 Å². The van der Waals surface area contributed by atoms with Gasteiger partial charge in [0.25, 0.3) is 0 Å². The lowest BCUT2D eigenvalue weighted by molar-refractivity contribution is 0.156. The van der Waals surface area contributed by atoms with Crippen LogP contribution in [0.2, 0.25) is 0 Å². The number of aromatic nitrogens is 2. The molecule has 1 aromatic carbocycles. The Kier molecular flexibility index (Phi) is 4.59. The third kappa shape index (κ3) is 3.35. The van der Waals surface area contributed by atoms with Gasteiger partial charge in [0.1, 0.15) is 0 Å². The Labute approximate surface area is 115 Å². The van der Waals surface area contributed by atoms with Gasteiger partial charge in [0.05, 0.1) is 17.3 Å². The molecule has 0 bridgehead atoms. The maximum Gasteiger partial charge on any atom is 0.0729 e. The van der Waals surface area contributed by atoms with Crippen LogP contribution in [0.1, 0.15) is 39.3 Å². The zero-order valence-corrected chi connectivity index (χ0v) is 12.1. The first kappa shape index (κ1) is 14.1. The lowest BCUT2D eigenvalue weighted by atomic mass is 10.0. The maximum atomic E-state index is 10.1. The molecular formula is C16H24N2O. The highest BCUT2D eigenvalue weighted by Crippen LogP contribution is 2.21. The molecule has 1 atom stereocenters. The first-order valence-corrected chi connectivity index (χ1v) is 7.24. The summed E-state index contributed by atoms with van der Waals surface area (Å²) < 4.78 is 2.01.